The molecule has 0 unspecified atom stereocenters. The maximum atomic E-state index is 6.23. The van der Waals surface area contributed by atoms with Gasteiger partial charge in [0, 0.05) is 40.9 Å². The molecule has 0 spiro atoms. The normalized spacial score (nSPS) is 11.4. The maximum Gasteiger partial charge on any atom is 0.133 e. The average Bonchev–Trinajstić information content (AvgIpc) is 2.68. The fourth-order valence-corrected chi connectivity index (χ4v) is 3.45. The number of hydrogen-bond acceptors (Lipinski definition) is 4. The summed E-state index contributed by atoms with van der Waals surface area (Å²) in [6, 6.07) is 16.6. The van der Waals surface area contributed by atoms with Crippen molar-refractivity contribution in [2.75, 3.05) is 5.73 Å². The average molecular weight is 322 g/mol. The fourth-order valence-electron chi connectivity index (χ4n) is 3.45. The highest BCUT2D eigenvalue weighted by molar-refractivity contribution is 6.22. The van der Waals surface area contributed by atoms with Crippen LogP contribution >= 0.6 is 0 Å². The topological polar surface area (TPSA) is 64.7 Å². The van der Waals surface area contributed by atoms with Crippen LogP contribution in [0.25, 0.3) is 43.6 Å². The first-order valence-corrected chi connectivity index (χ1v) is 8.08. The molecule has 0 saturated heterocycles. The van der Waals surface area contributed by atoms with Crippen molar-refractivity contribution in [2.24, 2.45) is 0 Å². The quantitative estimate of drug-likeness (QED) is 0.459. The van der Waals surface area contributed by atoms with E-state index in [1.54, 1.807) is 18.6 Å². The maximum absolute atomic E-state index is 6.23. The van der Waals surface area contributed by atoms with E-state index in [2.05, 4.69) is 28.2 Å². The zero-order valence-corrected chi connectivity index (χ0v) is 13.3. The number of anilines is 1. The molecule has 0 aliphatic heterocycles. The predicted molar refractivity (Wildman–Crippen MR) is 102 cm³/mol. The van der Waals surface area contributed by atoms with Gasteiger partial charge in [-0.3, -0.25) is 9.97 Å². The van der Waals surface area contributed by atoms with Crippen molar-refractivity contribution >= 4 is 38.3 Å². The molecule has 4 heteroatoms. The molecule has 5 aromatic rings. The van der Waals surface area contributed by atoms with Crippen LogP contribution in [0.3, 0.4) is 0 Å². The standard InChI is InChI=1S/C21H14N4/c22-21-18-12-24-9-7-15(18)19-16(13-4-2-1-3-5-13)10-14-6-8-23-11-17(14)20(19)25-21/h1-12H,(H2,22,25). The summed E-state index contributed by atoms with van der Waals surface area (Å²) in [5, 5.41) is 5.11. The van der Waals surface area contributed by atoms with E-state index in [0.29, 0.717) is 5.82 Å². The van der Waals surface area contributed by atoms with E-state index in [1.807, 2.05) is 36.5 Å². The molecule has 118 valence electrons. The molecule has 0 fully saturated rings. The van der Waals surface area contributed by atoms with Crippen molar-refractivity contribution < 1.29 is 0 Å². The van der Waals surface area contributed by atoms with E-state index in [9.17, 15) is 0 Å². The molecule has 0 aliphatic rings. The van der Waals surface area contributed by atoms with E-state index < -0.39 is 0 Å². The van der Waals surface area contributed by atoms with Crippen LogP contribution in [0.5, 0.6) is 0 Å². The lowest BCUT2D eigenvalue weighted by Gasteiger charge is -2.13. The Balaban J connectivity index is 2.09. The molecule has 0 saturated carbocycles. The zero-order valence-electron chi connectivity index (χ0n) is 13.3. The number of nitrogens with two attached hydrogens (primary N) is 1. The van der Waals surface area contributed by atoms with Crippen LogP contribution in [0.2, 0.25) is 0 Å². The highest BCUT2D eigenvalue weighted by atomic mass is 14.8. The minimum absolute atomic E-state index is 0.492. The molecule has 5 rings (SSSR count). The molecule has 0 amide bonds. The van der Waals surface area contributed by atoms with Crippen molar-refractivity contribution in [3.63, 3.8) is 0 Å². The highest BCUT2D eigenvalue weighted by Gasteiger charge is 2.14. The molecule has 0 bridgehead atoms. The van der Waals surface area contributed by atoms with Crippen LogP contribution in [-0.2, 0) is 0 Å². The predicted octanol–water partition coefficient (Wildman–Crippen LogP) is 4.58. The number of fused-ring (bicyclic) bond motifs is 5. The Bertz CT molecular complexity index is 1250. The molecule has 3 aromatic heterocycles. The lowest BCUT2D eigenvalue weighted by Crippen LogP contribution is -1.96. The summed E-state index contributed by atoms with van der Waals surface area (Å²) >= 11 is 0. The third-order valence-corrected chi connectivity index (χ3v) is 4.60. The number of aromatic nitrogens is 3. The summed E-state index contributed by atoms with van der Waals surface area (Å²) in [6.45, 7) is 0. The van der Waals surface area contributed by atoms with E-state index in [4.69, 9.17) is 10.7 Å². The summed E-state index contributed by atoms with van der Waals surface area (Å²) in [7, 11) is 0. The Hall–Kier alpha value is -3.53. The van der Waals surface area contributed by atoms with Crippen molar-refractivity contribution in [2.45, 2.75) is 0 Å². The number of nitrogen functional groups attached to an aromatic ring is 1. The molecule has 0 radical (unpaired) electrons. The van der Waals surface area contributed by atoms with E-state index in [1.165, 1.54) is 0 Å². The first-order valence-electron chi connectivity index (χ1n) is 8.08. The molecule has 4 nitrogen and oxygen atoms in total. The Morgan fingerprint density at radius 3 is 2.36 bits per heavy atom. The molecule has 25 heavy (non-hydrogen) atoms. The van der Waals surface area contributed by atoms with Gasteiger partial charge >= 0.3 is 0 Å². The zero-order chi connectivity index (χ0) is 16.8. The molecule has 2 N–H and O–H groups in total. The molecule has 0 atom stereocenters. The van der Waals surface area contributed by atoms with Crippen LogP contribution in [0, 0.1) is 0 Å². The van der Waals surface area contributed by atoms with Gasteiger partial charge in [0.1, 0.15) is 5.82 Å². The number of pyridine rings is 3. The Morgan fingerprint density at radius 2 is 1.52 bits per heavy atom. The minimum atomic E-state index is 0.492. The highest BCUT2D eigenvalue weighted by Crippen LogP contribution is 2.38. The third-order valence-electron chi connectivity index (χ3n) is 4.60. The monoisotopic (exact) mass is 322 g/mol. The molecular weight excluding hydrogens is 308 g/mol. The smallest absolute Gasteiger partial charge is 0.133 e. The van der Waals surface area contributed by atoms with Gasteiger partial charge in [0.15, 0.2) is 0 Å². The Labute approximate surface area is 144 Å². The second-order valence-electron chi connectivity index (χ2n) is 6.03. The number of nitrogens with zero attached hydrogens (tertiary/aromatic N) is 3. The second-order valence-corrected chi connectivity index (χ2v) is 6.03. The number of rotatable bonds is 1. The molecule has 0 aliphatic carbocycles. The third kappa shape index (κ3) is 2.04. The largest absolute Gasteiger partial charge is 0.383 e. The second kappa shape index (κ2) is 5.24. The van der Waals surface area contributed by atoms with Gasteiger partial charge < -0.3 is 5.73 Å². The summed E-state index contributed by atoms with van der Waals surface area (Å²) in [4.78, 5) is 13.2. The Morgan fingerprint density at radius 1 is 0.760 bits per heavy atom. The SMILES string of the molecule is Nc1nc2c3cnccc3cc(-c3ccccc3)c2c2ccncc12. The first kappa shape index (κ1) is 13.9. The van der Waals surface area contributed by atoms with Gasteiger partial charge in [-0.15, -0.1) is 0 Å². The van der Waals surface area contributed by atoms with Crippen molar-refractivity contribution in [3.05, 3.63) is 73.3 Å². The first-order chi connectivity index (χ1) is 12.3. The minimum Gasteiger partial charge on any atom is -0.383 e. The van der Waals surface area contributed by atoms with Crippen LogP contribution < -0.4 is 5.73 Å². The molecule has 3 heterocycles. The lowest BCUT2D eigenvalue weighted by atomic mass is 9.94. The Kier molecular flexibility index (Phi) is 2.91. The number of benzene rings is 2. The van der Waals surface area contributed by atoms with Crippen LogP contribution in [0.4, 0.5) is 5.82 Å². The number of hydrogen-bond donors (Lipinski definition) is 1. The summed E-state index contributed by atoms with van der Waals surface area (Å²) < 4.78 is 0. The van der Waals surface area contributed by atoms with Crippen LogP contribution in [-0.4, -0.2) is 15.0 Å². The van der Waals surface area contributed by atoms with Gasteiger partial charge in [-0.2, -0.15) is 0 Å². The fraction of sp³-hybridized carbons (Fsp3) is 0. The van der Waals surface area contributed by atoms with Gasteiger partial charge in [-0.05, 0) is 40.1 Å². The summed E-state index contributed by atoms with van der Waals surface area (Å²) in [6.07, 6.45) is 7.23. The van der Waals surface area contributed by atoms with Gasteiger partial charge in [0.2, 0.25) is 0 Å². The van der Waals surface area contributed by atoms with E-state index in [0.717, 1.165) is 43.6 Å². The summed E-state index contributed by atoms with van der Waals surface area (Å²) in [5.74, 6) is 0.492. The molecule has 2 aromatic carbocycles. The van der Waals surface area contributed by atoms with E-state index >= 15 is 0 Å². The van der Waals surface area contributed by atoms with Crippen molar-refractivity contribution in [1.82, 2.24) is 15.0 Å². The molecular formula is C21H14N4. The van der Waals surface area contributed by atoms with Gasteiger partial charge in [0.25, 0.3) is 0 Å². The van der Waals surface area contributed by atoms with Gasteiger partial charge in [-0.1, -0.05) is 30.3 Å². The lowest BCUT2D eigenvalue weighted by molar-refractivity contribution is 1.34. The van der Waals surface area contributed by atoms with Gasteiger partial charge in [0.05, 0.1) is 5.52 Å². The summed E-state index contributed by atoms with van der Waals surface area (Å²) in [5.41, 5.74) is 9.39. The van der Waals surface area contributed by atoms with Gasteiger partial charge in [-0.25, -0.2) is 4.98 Å². The van der Waals surface area contributed by atoms with E-state index in [-0.39, 0.29) is 0 Å². The van der Waals surface area contributed by atoms with Crippen LogP contribution in [0.15, 0.2) is 73.3 Å². The van der Waals surface area contributed by atoms with Crippen molar-refractivity contribution in [3.8, 4) is 11.1 Å². The van der Waals surface area contributed by atoms with Crippen molar-refractivity contribution in [1.29, 1.82) is 0 Å². The van der Waals surface area contributed by atoms with Crippen LogP contribution in [0.1, 0.15) is 0 Å².